The van der Waals surface area contributed by atoms with E-state index in [1.807, 2.05) is 35.9 Å². The number of carbonyl (C=O) groups excluding carboxylic acids is 2. The highest BCUT2D eigenvalue weighted by Gasteiger charge is 2.40. The standard InChI is InChI=1S/C36H36Cl2N8O5S/c1-23-19-30(45-18-16-40-22-45)26-5-2-7-31(34(26)44-23)51-21-27-28(37)12-13-32(33(27)38)52(49,50)46-17-3-6-29(46)36(48)42-15-4-14-41-35(47)25-10-8-24(9-11-25)20-43-39/h2,5,7-13,16,18-20,22,29H,3-4,6,14-15,17,21,39H2,1H3,(H,41,47)(H,42,48)/t29-/m0/s1. The highest BCUT2D eigenvalue weighted by atomic mass is 35.5. The number of hydrogen-bond acceptors (Lipinski definition) is 9. The third kappa shape index (κ3) is 7.89. The molecule has 2 aromatic heterocycles. The number of hydrogen-bond donors (Lipinski definition) is 3. The molecule has 2 amide bonds. The second-order valence-electron chi connectivity index (χ2n) is 12.1. The molecule has 1 aliphatic heterocycles. The lowest BCUT2D eigenvalue weighted by molar-refractivity contribution is -0.124. The van der Waals surface area contributed by atoms with Gasteiger partial charge in [-0.1, -0.05) is 47.5 Å². The number of nitrogens with zero attached hydrogens (tertiary/aromatic N) is 5. The second-order valence-corrected chi connectivity index (χ2v) is 14.8. The number of carbonyl (C=O) groups is 2. The molecule has 4 N–H and O–H groups in total. The number of aromatic nitrogens is 3. The van der Waals surface area contributed by atoms with Gasteiger partial charge in [-0.2, -0.15) is 9.41 Å². The van der Waals surface area contributed by atoms with E-state index in [1.165, 1.54) is 22.7 Å². The number of nitrogens with two attached hydrogens (primary N) is 1. The first-order valence-corrected chi connectivity index (χ1v) is 18.7. The number of para-hydroxylation sites is 1. The summed E-state index contributed by atoms with van der Waals surface area (Å²) in [5.74, 6) is 4.93. The Morgan fingerprint density at radius 2 is 1.88 bits per heavy atom. The van der Waals surface area contributed by atoms with Crippen molar-refractivity contribution in [3.63, 3.8) is 0 Å². The van der Waals surface area contributed by atoms with E-state index in [0.717, 1.165) is 22.3 Å². The Balaban J connectivity index is 1.10. The molecule has 13 nitrogen and oxygen atoms in total. The van der Waals surface area contributed by atoms with E-state index < -0.39 is 22.0 Å². The summed E-state index contributed by atoms with van der Waals surface area (Å²) in [5.41, 5.74) is 3.78. The lowest BCUT2D eigenvalue weighted by atomic mass is 10.1. The molecule has 0 saturated carbocycles. The molecule has 0 aliphatic carbocycles. The summed E-state index contributed by atoms with van der Waals surface area (Å²) in [5, 5.41) is 10.1. The zero-order valence-electron chi connectivity index (χ0n) is 28.1. The maximum Gasteiger partial charge on any atom is 0.251 e. The smallest absolute Gasteiger partial charge is 0.251 e. The minimum atomic E-state index is -4.21. The molecule has 16 heteroatoms. The van der Waals surface area contributed by atoms with Gasteiger partial charge in [0.2, 0.25) is 15.9 Å². The molecule has 1 fully saturated rings. The van der Waals surface area contributed by atoms with Crippen LogP contribution in [0.5, 0.6) is 5.75 Å². The molecular formula is C36H36Cl2N8O5S. The fraction of sp³-hybridized carbons (Fsp3) is 0.250. The van der Waals surface area contributed by atoms with E-state index in [0.29, 0.717) is 42.6 Å². The van der Waals surface area contributed by atoms with Crippen molar-refractivity contribution in [2.75, 3.05) is 19.6 Å². The van der Waals surface area contributed by atoms with Crippen LogP contribution in [-0.4, -0.2) is 71.0 Å². The largest absolute Gasteiger partial charge is 0.487 e. The molecule has 6 rings (SSSR count). The summed E-state index contributed by atoms with van der Waals surface area (Å²) in [6.07, 6.45) is 8.00. The SMILES string of the molecule is Cc1cc(-n2ccnc2)c2cccc(OCc3c(Cl)ccc(S(=O)(=O)N4CCC[C@H]4C(=O)NCCCNC(=O)c4ccc(C=NN)cc4)c3Cl)c2n1. The van der Waals surface area contributed by atoms with E-state index in [2.05, 4.69) is 20.7 Å². The molecule has 52 heavy (non-hydrogen) atoms. The molecule has 1 saturated heterocycles. The van der Waals surface area contributed by atoms with Gasteiger partial charge >= 0.3 is 0 Å². The number of nitrogens with one attached hydrogen (secondary N) is 2. The first-order chi connectivity index (χ1) is 25.1. The third-order valence-corrected chi connectivity index (χ3v) is 11.5. The monoisotopic (exact) mass is 762 g/mol. The molecular weight excluding hydrogens is 727 g/mol. The van der Waals surface area contributed by atoms with Gasteiger partial charge in [0, 0.05) is 59.3 Å². The third-order valence-electron chi connectivity index (χ3n) is 8.64. The number of pyridine rings is 1. The number of aryl methyl sites for hydroxylation is 1. The number of imidazole rings is 1. The number of hydrazone groups is 1. The van der Waals surface area contributed by atoms with Crippen molar-refractivity contribution >= 4 is 62.2 Å². The van der Waals surface area contributed by atoms with Crippen molar-refractivity contribution < 1.29 is 22.7 Å². The molecule has 3 aromatic carbocycles. The molecule has 0 radical (unpaired) electrons. The molecule has 3 heterocycles. The number of benzene rings is 3. The van der Waals surface area contributed by atoms with Crippen LogP contribution in [-0.2, 0) is 21.4 Å². The van der Waals surface area contributed by atoms with Crippen LogP contribution >= 0.6 is 23.2 Å². The molecule has 1 atom stereocenters. The Hall–Kier alpha value is -5.02. The Labute approximate surface area is 310 Å². The molecule has 270 valence electrons. The summed E-state index contributed by atoms with van der Waals surface area (Å²) in [6.45, 7) is 2.45. The molecule has 1 aliphatic rings. The van der Waals surface area contributed by atoms with Gasteiger partial charge in [-0.15, -0.1) is 0 Å². The Kier molecular flexibility index (Phi) is 11.4. The predicted molar refractivity (Wildman–Crippen MR) is 199 cm³/mol. The summed E-state index contributed by atoms with van der Waals surface area (Å²) >= 11 is 13.3. The first-order valence-electron chi connectivity index (χ1n) is 16.5. The quantitative estimate of drug-likeness (QED) is 0.0651. The lowest BCUT2D eigenvalue weighted by Gasteiger charge is -2.24. The van der Waals surface area contributed by atoms with E-state index >= 15 is 0 Å². The second kappa shape index (κ2) is 16.1. The molecule has 5 aromatic rings. The predicted octanol–water partition coefficient (Wildman–Crippen LogP) is 5.00. The minimum Gasteiger partial charge on any atom is -0.487 e. The molecule has 0 unspecified atom stereocenters. The van der Waals surface area contributed by atoms with Crippen LogP contribution in [0.3, 0.4) is 0 Å². The van der Waals surface area contributed by atoms with Gasteiger partial charge in [0.05, 0.1) is 23.3 Å². The fourth-order valence-corrected chi connectivity index (χ4v) is 8.58. The van der Waals surface area contributed by atoms with Gasteiger partial charge in [-0.05, 0) is 68.1 Å². The summed E-state index contributed by atoms with van der Waals surface area (Å²) < 4.78 is 37.3. The number of halogens is 2. The number of rotatable bonds is 13. The maximum atomic E-state index is 14.0. The van der Waals surface area contributed by atoms with E-state index in [9.17, 15) is 18.0 Å². The van der Waals surface area contributed by atoms with E-state index in [-0.39, 0.29) is 46.1 Å². The number of fused-ring (bicyclic) bond motifs is 1. The van der Waals surface area contributed by atoms with Gasteiger partial charge in [0.25, 0.3) is 5.91 Å². The van der Waals surface area contributed by atoms with Gasteiger partial charge in [-0.3, -0.25) is 9.59 Å². The van der Waals surface area contributed by atoms with Crippen LogP contribution in [0.25, 0.3) is 16.6 Å². The topological polar surface area (TPSA) is 174 Å². The normalized spacial score (nSPS) is 14.9. The van der Waals surface area contributed by atoms with Crippen molar-refractivity contribution in [3.05, 3.63) is 112 Å². The summed E-state index contributed by atoms with van der Waals surface area (Å²) in [6, 6.07) is 16.2. The van der Waals surface area contributed by atoms with Crippen LogP contribution < -0.4 is 21.2 Å². The van der Waals surface area contributed by atoms with Crippen molar-refractivity contribution in [1.29, 1.82) is 0 Å². The average molecular weight is 764 g/mol. The average Bonchev–Trinajstić information content (AvgIpc) is 3.85. The van der Waals surface area contributed by atoms with Crippen LogP contribution in [0.1, 0.15) is 46.4 Å². The fourth-order valence-electron chi connectivity index (χ4n) is 6.06. The minimum absolute atomic E-state index is 0.0834. The van der Waals surface area contributed by atoms with E-state index in [4.69, 9.17) is 38.8 Å². The molecule has 0 spiro atoms. The van der Waals surface area contributed by atoms with Crippen molar-refractivity contribution in [3.8, 4) is 11.4 Å². The maximum absolute atomic E-state index is 14.0. The van der Waals surface area contributed by atoms with Crippen molar-refractivity contribution in [2.24, 2.45) is 10.9 Å². The van der Waals surface area contributed by atoms with Crippen LogP contribution in [0, 0.1) is 6.92 Å². The van der Waals surface area contributed by atoms with Crippen LogP contribution in [0.4, 0.5) is 0 Å². The molecule has 0 bridgehead atoms. The van der Waals surface area contributed by atoms with Gasteiger partial charge < -0.3 is 25.8 Å². The first kappa shape index (κ1) is 36.8. The van der Waals surface area contributed by atoms with E-state index in [1.54, 1.807) is 42.9 Å². The van der Waals surface area contributed by atoms with Crippen LogP contribution in [0.15, 0.2) is 89.4 Å². The lowest BCUT2D eigenvalue weighted by Crippen LogP contribution is -2.46. The number of ether oxygens (including phenoxy) is 1. The highest BCUT2D eigenvalue weighted by Crippen LogP contribution is 2.37. The number of sulfonamides is 1. The summed E-state index contributed by atoms with van der Waals surface area (Å²) in [4.78, 5) is 34.4. The van der Waals surface area contributed by atoms with Gasteiger partial charge in [0.1, 0.15) is 28.8 Å². The van der Waals surface area contributed by atoms with Crippen molar-refractivity contribution in [1.82, 2.24) is 29.5 Å². The zero-order valence-corrected chi connectivity index (χ0v) is 30.5. The highest BCUT2D eigenvalue weighted by molar-refractivity contribution is 7.89. The van der Waals surface area contributed by atoms with Crippen molar-refractivity contribution in [2.45, 2.75) is 43.7 Å². The zero-order chi connectivity index (χ0) is 36.8. The Morgan fingerprint density at radius 1 is 1.10 bits per heavy atom. The Morgan fingerprint density at radius 3 is 2.63 bits per heavy atom. The van der Waals surface area contributed by atoms with Crippen LogP contribution in [0.2, 0.25) is 10.0 Å². The van der Waals surface area contributed by atoms with Gasteiger partial charge in [-0.25, -0.2) is 18.4 Å². The number of amides is 2. The van der Waals surface area contributed by atoms with Gasteiger partial charge in [0.15, 0.2) is 0 Å². The Bertz CT molecular complexity index is 2230. The summed E-state index contributed by atoms with van der Waals surface area (Å²) in [7, 11) is -4.21.